The van der Waals surface area contributed by atoms with Gasteiger partial charge < -0.3 is 10.5 Å². The van der Waals surface area contributed by atoms with Crippen LogP contribution in [-0.2, 0) is 9.53 Å². The number of carbonyl (C=O) groups is 1. The SMILES string of the molecule is COC(=O)[C@@](C)(N)C/C=C/c1ccccc1. The minimum atomic E-state index is -0.958. The highest BCUT2D eigenvalue weighted by Crippen LogP contribution is 2.10. The average Bonchev–Trinajstić information content (AvgIpc) is 2.29. The molecule has 1 rings (SSSR count). The Hall–Kier alpha value is -1.61. The van der Waals surface area contributed by atoms with E-state index in [1.54, 1.807) is 6.92 Å². The van der Waals surface area contributed by atoms with Crippen molar-refractivity contribution >= 4 is 12.0 Å². The molecule has 0 fully saturated rings. The van der Waals surface area contributed by atoms with E-state index in [2.05, 4.69) is 4.74 Å². The van der Waals surface area contributed by atoms with Crippen LogP contribution in [0, 0.1) is 0 Å². The third-order valence-electron chi connectivity index (χ3n) is 2.30. The molecule has 0 bridgehead atoms. The molecule has 1 aromatic rings. The lowest BCUT2D eigenvalue weighted by molar-refractivity contribution is -0.146. The summed E-state index contributed by atoms with van der Waals surface area (Å²) in [6, 6.07) is 9.85. The van der Waals surface area contributed by atoms with Crippen molar-refractivity contribution < 1.29 is 9.53 Å². The normalized spacial score (nSPS) is 14.7. The van der Waals surface area contributed by atoms with Gasteiger partial charge in [0.1, 0.15) is 5.54 Å². The molecule has 0 aliphatic carbocycles. The number of rotatable bonds is 4. The first-order valence-electron chi connectivity index (χ1n) is 5.15. The summed E-state index contributed by atoms with van der Waals surface area (Å²) >= 11 is 0. The summed E-state index contributed by atoms with van der Waals surface area (Å²) in [5.74, 6) is -0.398. The van der Waals surface area contributed by atoms with E-state index in [0.29, 0.717) is 6.42 Å². The molecule has 0 aromatic heterocycles. The number of hydrogen-bond donors (Lipinski definition) is 1. The Morgan fingerprint density at radius 2 is 2.06 bits per heavy atom. The topological polar surface area (TPSA) is 52.3 Å². The summed E-state index contributed by atoms with van der Waals surface area (Å²) in [5, 5.41) is 0. The highest BCUT2D eigenvalue weighted by atomic mass is 16.5. The quantitative estimate of drug-likeness (QED) is 0.788. The van der Waals surface area contributed by atoms with Crippen molar-refractivity contribution in [3.63, 3.8) is 0 Å². The number of hydrogen-bond acceptors (Lipinski definition) is 3. The molecular weight excluding hydrogens is 202 g/mol. The summed E-state index contributed by atoms with van der Waals surface area (Å²) in [6.07, 6.45) is 4.27. The Labute approximate surface area is 95.9 Å². The summed E-state index contributed by atoms with van der Waals surface area (Å²) < 4.78 is 4.62. The second-order valence-electron chi connectivity index (χ2n) is 3.93. The van der Waals surface area contributed by atoms with Gasteiger partial charge in [-0.15, -0.1) is 0 Å². The van der Waals surface area contributed by atoms with Crippen LogP contribution in [-0.4, -0.2) is 18.6 Å². The zero-order valence-electron chi connectivity index (χ0n) is 9.64. The van der Waals surface area contributed by atoms with Gasteiger partial charge in [0.25, 0.3) is 0 Å². The lowest BCUT2D eigenvalue weighted by atomic mass is 9.99. The molecule has 0 heterocycles. The number of carbonyl (C=O) groups excluding carboxylic acids is 1. The maximum atomic E-state index is 11.3. The molecule has 0 saturated carbocycles. The molecular formula is C13H17NO2. The molecule has 2 N–H and O–H groups in total. The van der Waals surface area contributed by atoms with Crippen molar-refractivity contribution in [3.8, 4) is 0 Å². The fourth-order valence-corrected chi connectivity index (χ4v) is 1.32. The molecule has 0 spiro atoms. The van der Waals surface area contributed by atoms with Crippen molar-refractivity contribution in [1.82, 2.24) is 0 Å². The zero-order valence-corrected chi connectivity index (χ0v) is 9.64. The molecule has 0 unspecified atom stereocenters. The van der Waals surface area contributed by atoms with E-state index in [4.69, 9.17) is 5.73 Å². The molecule has 86 valence electrons. The number of nitrogens with two attached hydrogens (primary N) is 1. The van der Waals surface area contributed by atoms with E-state index in [-0.39, 0.29) is 0 Å². The van der Waals surface area contributed by atoms with Crippen molar-refractivity contribution in [3.05, 3.63) is 42.0 Å². The average molecular weight is 219 g/mol. The van der Waals surface area contributed by atoms with Gasteiger partial charge in [0.2, 0.25) is 0 Å². The molecule has 0 radical (unpaired) electrons. The van der Waals surface area contributed by atoms with Crippen LogP contribution in [0.25, 0.3) is 6.08 Å². The Balaban J connectivity index is 2.58. The number of esters is 1. The smallest absolute Gasteiger partial charge is 0.325 e. The van der Waals surface area contributed by atoms with Crippen molar-refractivity contribution in [1.29, 1.82) is 0 Å². The first-order chi connectivity index (χ1) is 7.56. The van der Waals surface area contributed by atoms with Crippen molar-refractivity contribution in [2.24, 2.45) is 5.73 Å². The van der Waals surface area contributed by atoms with Crippen LogP contribution in [0.2, 0.25) is 0 Å². The maximum absolute atomic E-state index is 11.3. The van der Waals surface area contributed by atoms with Gasteiger partial charge in [-0.1, -0.05) is 42.5 Å². The van der Waals surface area contributed by atoms with E-state index in [1.165, 1.54) is 7.11 Å². The van der Waals surface area contributed by atoms with Crippen LogP contribution in [0.4, 0.5) is 0 Å². The molecule has 16 heavy (non-hydrogen) atoms. The van der Waals surface area contributed by atoms with Gasteiger partial charge in [0.15, 0.2) is 0 Å². The summed E-state index contributed by atoms with van der Waals surface area (Å²) in [4.78, 5) is 11.3. The maximum Gasteiger partial charge on any atom is 0.325 e. The zero-order chi connectivity index (χ0) is 12.0. The second kappa shape index (κ2) is 5.47. The van der Waals surface area contributed by atoms with Crippen LogP contribution in [0.3, 0.4) is 0 Å². The predicted molar refractivity (Wildman–Crippen MR) is 64.7 cm³/mol. The minimum Gasteiger partial charge on any atom is -0.468 e. The molecule has 1 atom stereocenters. The molecule has 0 saturated heterocycles. The van der Waals surface area contributed by atoms with E-state index in [0.717, 1.165) is 5.56 Å². The predicted octanol–water partition coefficient (Wildman–Crippen LogP) is 1.98. The molecule has 1 aromatic carbocycles. The third-order valence-corrected chi connectivity index (χ3v) is 2.30. The van der Waals surface area contributed by atoms with Gasteiger partial charge in [-0.2, -0.15) is 0 Å². The van der Waals surface area contributed by atoms with Gasteiger partial charge in [0, 0.05) is 0 Å². The van der Waals surface area contributed by atoms with Crippen molar-refractivity contribution in [2.45, 2.75) is 18.9 Å². The van der Waals surface area contributed by atoms with Crippen LogP contribution >= 0.6 is 0 Å². The van der Waals surface area contributed by atoms with E-state index in [9.17, 15) is 4.79 Å². The fraction of sp³-hybridized carbons (Fsp3) is 0.308. The largest absolute Gasteiger partial charge is 0.468 e. The van der Waals surface area contributed by atoms with Crippen LogP contribution in [0.1, 0.15) is 18.9 Å². The van der Waals surface area contributed by atoms with E-state index >= 15 is 0 Å². The molecule has 0 aliphatic rings. The summed E-state index contributed by atoms with van der Waals surface area (Å²) in [7, 11) is 1.34. The van der Waals surface area contributed by atoms with Gasteiger partial charge >= 0.3 is 5.97 Å². The summed E-state index contributed by atoms with van der Waals surface area (Å²) in [6.45, 7) is 1.66. The van der Waals surface area contributed by atoms with E-state index in [1.807, 2.05) is 42.5 Å². The van der Waals surface area contributed by atoms with Gasteiger partial charge in [0.05, 0.1) is 7.11 Å². The first kappa shape index (κ1) is 12.5. The van der Waals surface area contributed by atoms with Gasteiger partial charge in [-0.25, -0.2) is 0 Å². The van der Waals surface area contributed by atoms with Crippen LogP contribution in [0.15, 0.2) is 36.4 Å². The number of ether oxygens (including phenoxy) is 1. The Morgan fingerprint density at radius 1 is 1.44 bits per heavy atom. The van der Waals surface area contributed by atoms with Gasteiger partial charge in [-0.05, 0) is 18.9 Å². The van der Waals surface area contributed by atoms with E-state index < -0.39 is 11.5 Å². The van der Waals surface area contributed by atoms with Gasteiger partial charge in [-0.3, -0.25) is 4.79 Å². The third kappa shape index (κ3) is 3.51. The Bertz CT molecular complexity index is 369. The fourth-order valence-electron chi connectivity index (χ4n) is 1.32. The van der Waals surface area contributed by atoms with Crippen LogP contribution < -0.4 is 5.73 Å². The van der Waals surface area contributed by atoms with Crippen molar-refractivity contribution in [2.75, 3.05) is 7.11 Å². The number of benzene rings is 1. The lowest BCUT2D eigenvalue weighted by Crippen LogP contribution is -2.45. The van der Waals surface area contributed by atoms with Crippen LogP contribution in [0.5, 0.6) is 0 Å². The minimum absolute atomic E-state index is 0.398. The highest BCUT2D eigenvalue weighted by molar-refractivity contribution is 5.80. The molecule has 3 nitrogen and oxygen atoms in total. The molecule has 0 aliphatic heterocycles. The monoisotopic (exact) mass is 219 g/mol. The molecule has 3 heteroatoms. The lowest BCUT2D eigenvalue weighted by Gasteiger charge is -2.19. The Kier molecular flexibility index (Phi) is 4.26. The highest BCUT2D eigenvalue weighted by Gasteiger charge is 2.27. The second-order valence-corrected chi connectivity index (χ2v) is 3.93. The Morgan fingerprint density at radius 3 is 2.62 bits per heavy atom. The number of methoxy groups -OCH3 is 1. The summed E-state index contributed by atoms with van der Waals surface area (Å²) in [5.41, 5.74) is 5.94. The molecule has 0 amide bonds. The standard InChI is InChI=1S/C13H17NO2/c1-13(14,12(15)16-2)10-6-9-11-7-4-3-5-8-11/h3-9H,10,14H2,1-2H3/b9-6+/t13-/m0/s1. The first-order valence-corrected chi connectivity index (χ1v) is 5.15.